The van der Waals surface area contributed by atoms with Crippen molar-refractivity contribution in [2.24, 2.45) is 5.73 Å². The molecule has 0 aromatic heterocycles. The van der Waals surface area contributed by atoms with Gasteiger partial charge in [0.1, 0.15) is 0 Å². The van der Waals surface area contributed by atoms with Crippen LogP contribution in [0, 0.1) is 11.6 Å². The fourth-order valence-electron chi connectivity index (χ4n) is 1.14. The molecule has 0 amide bonds. The first-order chi connectivity index (χ1) is 6.52. The molecule has 0 spiro atoms. The zero-order chi connectivity index (χ0) is 10.7. The molecule has 1 nitrogen and oxygen atoms in total. The van der Waals surface area contributed by atoms with Crippen molar-refractivity contribution in [1.29, 1.82) is 0 Å². The lowest BCUT2D eigenvalue weighted by Crippen LogP contribution is -2.15. The van der Waals surface area contributed by atoms with Crippen LogP contribution in [-0.4, -0.2) is 6.04 Å². The van der Waals surface area contributed by atoms with E-state index < -0.39 is 11.6 Å². The molecular formula is C10H12BrF2N. The Hall–Kier alpha value is -0.480. The molecule has 14 heavy (non-hydrogen) atoms. The van der Waals surface area contributed by atoms with Gasteiger partial charge in [-0.15, -0.1) is 0 Å². The maximum Gasteiger partial charge on any atom is 0.173 e. The summed E-state index contributed by atoms with van der Waals surface area (Å²) in [6, 6.07) is 3.08. The van der Waals surface area contributed by atoms with Gasteiger partial charge in [-0.2, -0.15) is 0 Å². The molecule has 78 valence electrons. The summed E-state index contributed by atoms with van der Waals surface area (Å²) in [5.41, 5.74) is 5.91. The third-order valence-corrected chi connectivity index (χ3v) is 2.60. The SMILES string of the molecule is CC(N)CCc1ccc(Br)c(F)c1F. The lowest BCUT2D eigenvalue weighted by Gasteiger charge is -2.07. The number of hydrogen-bond donors (Lipinski definition) is 1. The van der Waals surface area contributed by atoms with E-state index in [9.17, 15) is 8.78 Å². The quantitative estimate of drug-likeness (QED) is 0.834. The minimum absolute atomic E-state index is 0.00103. The highest BCUT2D eigenvalue weighted by atomic mass is 79.9. The highest BCUT2D eigenvalue weighted by molar-refractivity contribution is 9.10. The van der Waals surface area contributed by atoms with E-state index in [0.29, 0.717) is 18.4 Å². The second-order valence-corrected chi connectivity index (χ2v) is 4.20. The standard InChI is InChI=1S/C10H12BrF2N/c1-6(14)2-3-7-4-5-8(11)10(13)9(7)12/h4-6H,2-3,14H2,1H3. The summed E-state index contributed by atoms with van der Waals surface area (Å²) in [4.78, 5) is 0. The van der Waals surface area contributed by atoms with Gasteiger partial charge in [0.15, 0.2) is 11.6 Å². The minimum Gasteiger partial charge on any atom is -0.328 e. The third kappa shape index (κ3) is 2.75. The van der Waals surface area contributed by atoms with Gasteiger partial charge in [0.25, 0.3) is 0 Å². The number of nitrogens with two attached hydrogens (primary N) is 1. The van der Waals surface area contributed by atoms with Gasteiger partial charge in [0.2, 0.25) is 0 Å². The van der Waals surface area contributed by atoms with E-state index >= 15 is 0 Å². The molecule has 0 bridgehead atoms. The van der Waals surface area contributed by atoms with Crippen molar-refractivity contribution >= 4 is 15.9 Å². The molecule has 1 rings (SSSR count). The highest BCUT2D eigenvalue weighted by Crippen LogP contribution is 2.21. The molecule has 0 fully saturated rings. The summed E-state index contributed by atoms with van der Waals surface area (Å²) >= 11 is 2.92. The van der Waals surface area contributed by atoms with Gasteiger partial charge >= 0.3 is 0 Å². The highest BCUT2D eigenvalue weighted by Gasteiger charge is 2.11. The largest absolute Gasteiger partial charge is 0.328 e. The van der Waals surface area contributed by atoms with E-state index in [2.05, 4.69) is 15.9 Å². The summed E-state index contributed by atoms with van der Waals surface area (Å²) in [7, 11) is 0. The molecule has 1 aromatic rings. The van der Waals surface area contributed by atoms with E-state index in [1.165, 1.54) is 6.07 Å². The lowest BCUT2D eigenvalue weighted by atomic mass is 10.1. The molecule has 0 aliphatic heterocycles. The van der Waals surface area contributed by atoms with Crippen LogP contribution >= 0.6 is 15.9 Å². The third-order valence-electron chi connectivity index (χ3n) is 1.98. The van der Waals surface area contributed by atoms with Crippen LogP contribution in [0.15, 0.2) is 16.6 Å². The predicted octanol–water partition coefficient (Wildman–Crippen LogP) is 3.01. The van der Waals surface area contributed by atoms with Gasteiger partial charge in [-0.1, -0.05) is 6.07 Å². The smallest absolute Gasteiger partial charge is 0.173 e. The van der Waals surface area contributed by atoms with Crippen molar-refractivity contribution in [3.63, 3.8) is 0 Å². The van der Waals surface area contributed by atoms with Crippen molar-refractivity contribution < 1.29 is 8.78 Å². The first-order valence-corrected chi connectivity index (χ1v) is 5.19. The van der Waals surface area contributed by atoms with E-state index in [0.717, 1.165) is 0 Å². The molecule has 0 saturated heterocycles. The molecule has 0 aliphatic rings. The van der Waals surface area contributed by atoms with E-state index in [-0.39, 0.29) is 10.5 Å². The van der Waals surface area contributed by atoms with Crippen LogP contribution in [0.4, 0.5) is 8.78 Å². The van der Waals surface area contributed by atoms with Gasteiger partial charge in [-0.3, -0.25) is 0 Å². The van der Waals surface area contributed by atoms with Crippen LogP contribution in [0.2, 0.25) is 0 Å². The van der Waals surface area contributed by atoms with Crippen LogP contribution < -0.4 is 5.73 Å². The molecule has 2 N–H and O–H groups in total. The number of halogens is 3. The molecule has 0 heterocycles. The first-order valence-electron chi connectivity index (χ1n) is 4.40. The van der Waals surface area contributed by atoms with Crippen LogP contribution in [0.3, 0.4) is 0 Å². The number of aryl methyl sites for hydroxylation is 1. The Balaban J connectivity index is 2.83. The average Bonchev–Trinajstić information content (AvgIpc) is 2.13. The summed E-state index contributed by atoms with van der Waals surface area (Å²) in [6.45, 7) is 1.84. The summed E-state index contributed by atoms with van der Waals surface area (Å²) < 4.78 is 26.5. The van der Waals surface area contributed by atoms with Crippen molar-refractivity contribution in [3.8, 4) is 0 Å². The van der Waals surface area contributed by atoms with E-state index in [1.807, 2.05) is 6.92 Å². The van der Waals surface area contributed by atoms with Crippen LogP contribution in [0.25, 0.3) is 0 Å². The molecule has 0 saturated carbocycles. The Labute approximate surface area is 90.4 Å². The monoisotopic (exact) mass is 263 g/mol. The number of benzene rings is 1. The second-order valence-electron chi connectivity index (χ2n) is 3.35. The Morgan fingerprint density at radius 3 is 2.57 bits per heavy atom. The Bertz CT molecular complexity index is 326. The Morgan fingerprint density at radius 2 is 2.00 bits per heavy atom. The molecule has 4 heteroatoms. The fourth-order valence-corrected chi connectivity index (χ4v) is 1.45. The van der Waals surface area contributed by atoms with Crippen molar-refractivity contribution in [2.45, 2.75) is 25.8 Å². The van der Waals surface area contributed by atoms with Gasteiger partial charge in [0, 0.05) is 6.04 Å². The van der Waals surface area contributed by atoms with Crippen LogP contribution in [0.1, 0.15) is 18.9 Å². The maximum absolute atomic E-state index is 13.3. The first kappa shape index (κ1) is 11.6. The molecule has 1 aromatic carbocycles. The van der Waals surface area contributed by atoms with Gasteiger partial charge in [0.05, 0.1) is 4.47 Å². The molecular weight excluding hydrogens is 252 g/mol. The normalized spacial score (nSPS) is 12.9. The lowest BCUT2D eigenvalue weighted by molar-refractivity contribution is 0.490. The van der Waals surface area contributed by atoms with Crippen LogP contribution in [0.5, 0.6) is 0 Å². The van der Waals surface area contributed by atoms with Gasteiger partial charge in [-0.05, 0) is 47.3 Å². The molecule has 0 radical (unpaired) electrons. The summed E-state index contributed by atoms with van der Waals surface area (Å²) in [6.07, 6.45) is 1.12. The topological polar surface area (TPSA) is 26.0 Å². The second kappa shape index (κ2) is 4.84. The number of hydrogen-bond acceptors (Lipinski definition) is 1. The molecule has 1 atom stereocenters. The zero-order valence-corrected chi connectivity index (χ0v) is 9.44. The van der Waals surface area contributed by atoms with E-state index in [1.54, 1.807) is 6.07 Å². The van der Waals surface area contributed by atoms with Crippen molar-refractivity contribution in [2.75, 3.05) is 0 Å². The number of rotatable bonds is 3. The maximum atomic E-state index is 13.3. The molecule has 1 unspecified atom stereocenters. The Morgan fingerprint density at radius 1 is 1.36 bits per heavy atom. The summed E-state index contributed by atoms with van der Waals surface area (Å²) in [5.74, 6) is -1.60. The fraction of sp³-hybridized carbons (Fsp3) is 0.400. The van der Waals surface area contributed by atoms with Crippen molar-refractivity contribution in [1.82, 2.24) is 0 Å². The average molecular weight is 264 g/mol. The van der Waals surface area contributed by atoms with Gasteiger partial charge in [-0.25, -0.2) is 8.78 Å². The predicted molar refractivity (Wildman–Crippen MR) is 56.0 cm³/mol. The minimum atomic E-state index is -0.827. The van der Waals surface area contributed by atoms with Gasteiger partial charge < -0.3 is 5.73 Å². The van der Waals surface area contributed by atoms with E-state index in [4.69, 9.17) is 5.73 Å². The summed E-state index contributed by atoms with van der Waals surface area (Å²) in [5, 5.41) is 0. The molecule has 0 aliphatic carbocycles. The van der Waals surface area contributed by atoms with Crippen LogP contribution in [-0.2, 0) is 6.42 Å². The Kier molecular flexibility index (Phi) is 4.01. The van der Waals surface area contributed by atoms with Crippen molar-refractivity contribution in [3.05, 3.63) is 33.8 Å². The zero-order valence-electron chi connectivity index (χ0n) is 7.86.